The van der Waals surface area contributed by atoms with Crippen molar-refractivity contribution in [3.8, 4) is 17.8 Å². The molecule has 0 bridgehead atoms. The molecule has 2 aromatic rings. The molecule has 0 aliphatic rings. The van der Waals surface area contributed by atoms with Crippen LogP contribution in [0.3, 0.4) is 0 Å². The number of hydrogen-bond donors (Lipinski definition) is 1. The quantitative estimate of drug-likeness (QED) is 0.825. The average molecular weight is 255 g/mol. The number of aromatic nitrogens is 4. The van der Waals surface area contributed by atoms with Gasteiger partial charge < -0.3 is 5.32 Å². The maximum Gasteiger partial charge on any atom is 0.149 e. The lowest BCUT2D eigenvalue weighted by Gasteiger charge is -2.05. The summed E-state index contributed by atoms with van der Waals surface area (Å²) in [7, 11) is 0. The monoisotopic (exact) mass is 255 g/mol. The maximum absolute atomic E-state index is 13.6. The third-order valence-electron chi connectivity index (χ3n) is 2.17. The minimum absolute atomic E-state index is 0.0895. The van der Waals surface area contributed by atoms with E-state index in [1.807, 2.05) is 0 Å². The van der Waals surface area contributed by atoms with Crippen LogP contribution in [0.2, 0.25) is 0 Å². The van der Waals surface area contributed by atoms with Crippen molar-refractivity contribution in [2.24, 2.45) is 0 Å². The smallest absolute Gasteiger partial charge is 0.149 e. The van der Waals surface area contributed by atoms with Crippen LogP contribution in [-0.2, 0) is 0 Å². The number of nitrogens with zero attached hydrogens (tertiary/aromatic N) is 6. The summed E-state index contributed by atoms with van der Waals surface area (Å²) in [6.07, 6.45) is 2.49. The van der Waals surface area contributed by atoms with Gasteiger partial charge in [-0.1, -0.05) is 0 Å². The highest BCUT2D eigenvalue weighted by Gasteiger charge is 2.06. The zero-order chi connectivity index (χ0) is 13.7. The molecule has 2 rings (SSSR count). The molecule has 0 radical (unpaired) electrons. The van der Waals surface area contributed by atoms with E-state index in [0.717, 1.165) is 0 Å². The van der Waals surface area contributed by atoms with E-state index >= 15 is 0 Å². The zero-order valence-electron chi connectivity index (χ0n) is 9.45. The molecule has 0 saturated carbocycles. The first-order valence-electron chi connectivity index (χ1n) is 5.04. The van der Waals surface area contributed by atoms with Crippen LogP contribution in [0.15, 0.2) is 36.3 Å². The molecule has 0 spiro atoms. The second kappa shape index (κ2) is 5.38. The highest BCUT2D eigenvalue weighted by atomic mass is 19.1. The molecule has 0 saturated heterocycles. The van der Waals surface area contributed by atoms with E-state index in [0.29, 0.717) is 5.69 Å². The molecule has 1 N–H and O–H groups in total. The molecule has 0 aliphatic carbocycles. The Labute approximate surface area is 107 Å². The third-order valence-corrected chi connectivity index (χ3v) is 2.17. The Morgan fingerprint density at radius 2 is 2.16 bits per heavy atom. The van der Waals surface area contributed by atoms with E-state index < -0.39 is 5.82 Å². The van der Waals surface area contributed by atoms with E-state index in [1.165, 1.54) is 35.4 Å². The molecule has 0 amide bonds. The van der Waals surface area contributed by atoms with Crippen molar-refractivity contribution >= 4 is 5.69 Å². The van der Waals surface area contributed by atoms with E-state index in [2.05, 4.69) is 20.8 Å². The molecule has 1 aromatic carbocycles. The summed E-state index contributed by atoms with van der Waals surface area (Å²) < 4.78 is 14.8. The van der Waals surface area contributed by atoms with Gasteiger partial charge in [-0.3, -0.25) is 0 Å². The van der Waals surface area contributed by atoms with Gasteiger partial charge in [0.15, 0.2) is 0 Å². The number of nitrogens with one attached hydrogen (secondary N) is 1. The number of anilines is 1. The summed E-state index contributed by atoms with van der Waals surface area (Å²) in [5.74, 6) is -0.498. The van der Waals surface area contributed by atoms with Gasteiger partial charge in [0.1, 0.15) is 35.5 Å². The van der Waals surface area contributed by atoms with Gasteiger partial charge in [-0.15, -0.1) is 5.10 Å². The first-order valence-corrected chi connectivity index (χ1v) is 5.04. The normalized spacial score (nSPS) is 9.21. The van der Waals surface area contributed by atoms with Crippen LogP contribution < -0.4 is 5.32 Å². The van der Waals surface area contributed by atoms with E-state index in [-0.39, 0.29) is 11.3 Å². The van der Waals surface area contributed by atoms with Gasteiger partial charge in [0.25, 0.3) is 0 Å². The molecule has 0 fully saturated rings. The molecule has 7 nitrogen and oxygen atoms in total. The van der Waals surface area contributed by atoms with Crippen molar-refractivity contribution in [2.45, 2.75) is 0 Å². The molecule has 19 heavy (non-hydrogen) atoms. The largest absolute Gasteiger partial charge is 0.360 e. The van der Waals surface area contributed by atoms with Gasteiger partial charge in [-0.25, -0.2) is 4.39 Å². The topological polar surface area (TPSA) is 103 Å². The van der Waals surface area contributed by atoms with Crippen molar-refractivity contribution in [3.63, 3.8) is 0 Å². The fourth-order valence-corrected chi connectivity index (χ4v) is 1.29. The Morgan fingerprint density at radius 3 is 2.79 bits per heavy atom. The first kappa shape index (κ1) is 12.2. The van der Waals surface area contributed by atoms with E-state index in [4.69, 9.17) is 10.5 Å². The van der Waals surface area contributed by atoms with Gasteiger partial charge in [0.2, 0.25) is 0 Å². The lowest BCUT2D eigenvalue weighted by molar-refractivity contribution is 0.607. The molecular formula is C11H6FN7. The molecular weight excluding hydrogens is 249 g/mol. The fraction of sp³-hybridized carbons (Fsp3) is 0. The van der Waals surface area contributed by atoms with Crippen LogP contribution in [0, 0.1) is 28.5 Å². The Kier molecular flexibility index (Phi) is 3.46. The summed E-state index contributed by atoms with van der Waals surface area (Å²) in [4.78, 5) is 0. The van der Waals surface area contributed by atoms with Crippen molar-refractivity contribution in [2.75, 3.05) is 5.32 Å². The van der Waals surface area contributed by atoms with Gasteiger partial charge >= 0.3 is 0 Å². The minimum Gasteiger partial charge on any atom is -0.360 e. The highest BCUT2D eigenvalue weighted by molar-refractivity contribution is 5.54. The molecule has 92 valence electrons. The molecule has 1 heterocycles. The van der Waals surface area contributed by atoms with Crippen LogP contribution in [0.4, 0.5) is 10.1 Å². The van der Waals surface area contributed by atoms with Gasteiger partial charge in [-0.05, 0) is 28.6 Å². The van der Waals surface area contributed by atoms with Crippen molar-refractivity contribution in [1.29, 1.82) is 10.5 Å². The average Bonchev–Trinajstić information content (AvgIpc) is 2.95. The Balaban J connectivity index is 2.31. The number of halogens is 1. The number of rotatable bonds is 3. The van der Waals surface area contributed by atoms with Gasteiger partial charge in [0.05, 0.1) is 0 Å². The Hall–Kier alpha value is -3.26. The SMILES string of the molecule is N#CC(C#N)=CNc1ccc(F)c(-n2cnnn2)c1. The molecule has 0 unspecified atom stereocenters. The second-order valence-corrected chi connectivity index (χ2v) is 3.35. The summed E-state index contributed by atoms with van der Waals surface area (Å²) in [5.41, 5.74) is 0.557. The lowest BCUT2D eigenvalue weighted by atomic mass is 10.2. The van der Waals surface area contributed by atoms with Crippen molar-refractivity contribution in [1.82, 2.24) is 20.2 Å². The van der Waals surface area contributed by atoms with Crippen LogP contribution >= 0.6 is 0 Å². The van der Waals surface area contributed by atoms with Gasteiger partial charge in [-0.2, -0.15) is 15.2 Å². The van der Waals surface area contributed by atoms with Crippen LogP contribution in [-0.4, -0.2) is 20.2 Å². The van der Waals surface area contributed by atoms with Gasteiger partial charge in [0, 0.05) is 11.9 Å². The second-order valence-electron chi connectivity index (χ2n) is 3.35. The standard InChI is InChI=1S/C11H6FN7/c12-10-2-1-9(15-6-8(4-13)5-14)3-11(10)19-7-16-17-18-19/h1-3,6-7,15H. The van der Waals surface area contributed by atoms with Crippen molar-refractivity contribution in [3.05, 3.63) is 42.1 Å². The molecule has 1 aromatic heterocycles. The maximum atomic E-state index is 13.6. The van der Waals surface area contributed by atoms with Crippen LogP contribution in [0.1, 0.15) is 0 Å². The number of benzene rings is 1. The number of nitriles is 2. The van der Waals surface area contributed by atoms with Crippen LogP contribution in [0.25, 0.3) is 5.69 Å². The predicted molar refractivity (Wildman–Crippen MR) is 62.0 cm³/mol. The van der Waals surface area contributed by atoms with E-state index in [9.17, 15) is 4.39 Å². The fourth-order valence-electron chi connectivity index (χ4n) is 1.29. The summed E-state index contributed by atoms with van der Waals surface area (Å²) in [6.45, 7) is 0. The molecule has 8 heteroatoms. The minimum atomic E-state index is -0.498. The number of allylic oxidation sites excluding steroid dienone is 1. The number of tetrazole rings is 1. The highest BCUT2D eigenvalue weighted by Crippen LogP contribution is 2.17. The Morgan fingerprint density at radius 1 is 1.37 bits per heavy atom. The Bertz CT molecular complexity index is 675. The zero-order valence-corrected chi connectivity index (χ0v) is 9.45. The van der Waals surface area contributed by atoms with E-state index in [1.54, 1.807) is 12.1 Å². The molecule has 0 atom stereocenters. The summed E-state index contributed by atoms with van der Waals surface area (Å²) in [6, 6.07) is 7.55. The van der Waals surface area contributed by atoms with Crippen molar-refractivity contribution < 1.29 is 4.39 Å². The summed E-state index contributed by atoms with van der Waals surface area (Å²) >= 11 is 0. The summed E-state index contributed by atoms with van der Waals surface area (Å²) in [5, 5.41) is 30.3. The number of hydrogen-bond acceptors (Lipinski definition) is 6. The third kappa shape index (κ3) is 2.70. The molecule has 0 aliphatic heterocycles. The van der Waals surface area contributed by atoms with Crippen LogP contribution in [0.5, 0.6) is 0 Å². The predicted octanol–water partition coefficient (Wildman–Crippen LogP) is 1.14. The first-order chi connectivity index (χ1) is 9.24. The lowest BCUT2D eigenvalue weighted by Crippen LogP contribution is -2.00.